The number of nitrogens with zero attached hydrogens (tertiary/aromatic N) is 1. The lowest BCUT2D eigenvalue weighted by atomic mass is 10.1. The molecular weight excluding hydrogens is 158 g/mol. The molecule has 13 heavy (non-hydrogen) atoms. The molecule has 2 aromatic rings. The van der Waals surface area contributed by atoms with Crippen molar-refractivity contribution >= 4 is 17.0 Å². The van der Waals surface area contributed by atoms with Crippen LogP contribution >= 0.6 is 0 Å². The summed E-state index contributed by atoms with van der Waals surface area (Å²) in [6, 6.07) is 10.7. The number of hydrogen-bond acceptors (Lipinski definition) is 0. The Morgan fingerprint density at radius 3 is 3.00 bits per heavy atom. The van der Waals surface area contributed by atoms with Crippen LogP contribution in [0.3, 0.4) is 0 Å². The molecule has 62 valence electrons. The van der Waals surface area contributed by atoms with Gasteiger partial charge in [0.25, 0.3) is 0 Å². The molecule has 0 amide bonds. The highest BCUT2D eigenvalue weighted by molar-refractivity contribution is 5.84. The quantitative estimate of drug-likeness (QED) is 0.531. The second kappa shape index (κ2) is 2.43. The van der Waals surface area contributed by atoms with Gasteiger partial charge in [0.05, 0.1) is 0 Å². The summed E-state index contributed by atoms with van der Waals surface area (Å²) >= 11 is 0. The van der Waals surface area contributed by atoms with Crippen LogP contribution in [0.4, 0.5) is 0 Å². The van der Waals surface area contributed by atoms with E-state index in [0.717, 1.165) is 6.54 Å². The Kier molecular flexibility index (Phi) is 1.28. The van der Waals surface area contributed by atoms with Crippen LogP contribution in [-0.4, -0.2) is 0 Å². The lowest BCUT2D eigenvalue weighted by Gasteiger charge is -2.05. The first kappa shape index (κ1) is 6.84. The molecule has 1 aliphatic heterocycles. The van der Waals surface area contributed by atoms with E-state index >= 15 is 0 Å². The number of pyridine rings is 1. The van der Waals surface area contributed by atoms with E-state index in [1.807, 2.05) is 0 Å². The second-order valence-electron chi connectivity index (χ2n) is 3.35. The molecule has 0 aliphatic carbocycles. The van der Waals surface area contributed by atoms with E-state index < -0.39 is 0 Å². The van der Waals surface area contributed by atoms with Crippen LogP contribution < -0.4 is 4.57 Å². The summed E-state index contributed by atoms with van der Waals surface area (Å²) in [6.07, 6.45) is 6.53. The Balaban J connectivity index is 2.56. The van der Waals surface area contributed by atoms with Gasteiger partial charge < -0.3 is 0 Å². The average Bonchev–Trinajstić information content (AvgIpc) is 2.19. The number of rotatable bonds is 0. The number of benzene rings is 1. The fourth-order valence-electron chi connectivity index (χ4n) is 1.95. The molecule has 0 N–H and O–H groups in total. The highest BCUT2D eigenvalue weighted by atomic mass is 14.9. The number of aromatic nitrogens is 1. The minimum absolute atomic E-state index is 0.994. The second-order valence-corrected chi connectivity index (χ2v) is 3.35. The summed E-state index contributed by atoms with van der Waals surface area (Å²) in [7, 11) is 0. The molecule has 1 nitrogen and oxygen atoms in total. The third-order valence-corrected chi connectivity index (χ3v) is 2.53. The molecule has 1 heteroatoms. The fraction of sp³-hybridized carbons (Fsp3) is 0.0833. The molecule has 1 aliphatic rings. The summed E-state index contributed by atoms with van der Waals surface area (Å²) in [4.78, 5) is 0. The molecule has 0 saturated carbocycles. The summed E-state index contributed by atoms with van der Waals surface area (Å²) in [5.74, 6) is 0. The Morgan fingerprint density at radius 2 is 2.00 bits per heavy atom. The summed E-state index contributed by atoms with van der Waals surface area (Å²) in [6.45, 7) is 0.994. The maximum Gasteiger partial charge on any atom is 0.220 e. The van der Waals surface area contributed by atoms with Gasteiger partial charge in [0.2, 0.25) is 5.52 Å². The normalized spacial score (nSPS) is 13.5. The Labute approximate surface area is 76.9 Å². The van der Waals surface area contributed by atoms with Crippen molar-refractivity contribution in [1.29, 1.82) is 0 Å². The van der Waals surface area contributed by atoms with Crippen molar-refractivity contribution in [2.24, 2.45) is 0 Å². The summed E-state index contributed by atoms with van der Waals surface area (Å²) in [5.41, 5.74) is 2.68. The van der Waals surface area contributed by atoms with Gasteiger partial charge in [-0.15, -0.1) is 0 Å². The monoisotopic (exact) mass is 168 g/mol. The molecule has 0 unspecified atom stereocenters. The van der Waals surface area contributed by atoms with Crippen LogP contribution in [0.5, 0.6) is 0 Å². The Hall–Kier alpha value is -1.63. The first-order chi connectivity index (χ1) is 6.45. The third kappa shape index (κ3) is 0.903. The first-order valence-electron chi connectivity index (χ1n) is 4.53. The lowest BCUT2D eigenvalue weighted by Crippen LogP contribution is -2.35. The van der Waals surface area contributed by atoms with Crippen LogP contribution in [0.2, 0.25) is 0 Å². The van der Waals surface area contributed by atoms with E-state index in [-0.39, 0.29) is 0 Å². The van der Waals surface area contributed by atoms with Crippen LogP contribution in [0.1, 0.15) is 5.56 Å². The van der Waals surface area contributed by atoms with Crippen molar-refractivity contribution in [3.05, 3.63) is 48.2 Å². The largest absolute Gasteiger partial charge is 0.220 e. The minimum Gasteiger partial charge on any atom is -0.194 e. The van der Waals surface area contributed by atoms with Gasteiger partial charge in [-0.3, -0.25) is 0 Å². The maximum absolute atomic E-state index is 2.28. The van der Waals surface area contributed by atoms with Gasteiger partial charge in [-0.1, -0.05) is 6.07 Å². The van der Waals surface area contributed by atoms with Crippen molar-refractivity contribution in [2.45, 2.75) is 6.54 Å². The first-order valence-corrected chi connectivity index (χ1v) is 4.53. The molecule has 1 aromatic carbocycles. The predicted molar refractivity (Wildman–Crippen MR) is 53.2 cm³/mol. The third-order valence-electron chi connectivity index (χ3n) is 2.53. The number of hydrogen-bond donors (Lipinski definition) is 0. The van der Waals surface area contributed by atoms with E-state index in [4.69, 9.17) is 0 Å². The fourth-order valence-corrected chi connectivity index (χ4v) is 1.95. The molecular formula is C12H10N+. The van der Waals surface area contributed by atoms with Gasteiger partial charge in [0.15, 0.2) is 12.7 Å². The van der Waals surface area contributed by atoms with E-state index in [9.17, 15) is 0 Å². The van der Waals surface area contributed by atoms with E-state index in [1.54, 1.807) is 0 Å². The van der Waals surface area contributed by atoms with Crippen LogP contribution in [-0.2, 0) is 6.54 Å². The molecule has 3 rings (SSSR count). The molecule has 0 bridgehead atoms. The zero-order valence-electron chi connectivity index (χ0n) is 7.27. The Bertz CT molecular complexity index is 492. The van der Waals surface area contributed by atoms with Gasteiger partial charge in [-0.05, 0) is 30.4 Å². The van der Waals surface area contributed by atoms with Gasteiger partial charge in [-0.25, -0.2) is 0 Å². The van der Waals surface area contributed by atoms with Crippen LogP contribution in [0.15, 0.2) is 42.6 Å². The Morgan fingerprint density at radius 1 is 1.08 bits per heavy atom. The lowest BCUT2D eigenvalue weighted by molar-refractivity contribution is -0.661. The summed E-state index contributed by atoms with van der Waals surface area (Å²) < 4.78 is 2.28. The molecule has 0 spiro atoms. The standard InChI is InChI=1S/C12H10N/c1-4-10-6-2-8-13-9-3-7-11(5-1)12(10)13/h1-8H,9H2/q+1. The van der Waals surface area contributed by atoms with Gasteiger partial charge >= 0.3 is 0 Å². The average molecular weight is 168 g/mol. The van der Waals surface area contributed by atoms with Crippen molar-refractivity contribution < 1.29 is 4.57 Å². The molecule has 0 atom stereocenters. The van der Waals surface area contributed by atoms with E-state index in [1.165, 1.54) is 16.5 Å². The zero-order chi connectivity index (χ0) is 8.67. The van der Waals surface area contributed by atoms with Crippen molar-refractivity contribution in [3.8, 4) is 0 Å². The van der Waals surface area contributed by atoms with Crippen molar-refractivity contribution in [3.63, 3.8) is 0 Å². The maximum atomic E-state index is 2.28. The molecule has 0 fully saturated rings. The van der Waals surface area contributed by atoms with Gasteiger partial charge in [0.1, 0.15) is 0 Å². The zero-order valence-corrected chi connectivity index (χ0v) is 7.27. The minimum atomic E-state index is 0.994. The molecule has 1 aromatic heterocycles. The highest BCUT2D eigenvalue weighted by Gasteiger charge is 2.13. The van der Waals surface area contributed by atoms with E-state index in [2.05, 4.69) is 53.2 Å². The summed E-state index contributed by atoms with van der Waals surface area (Å²) in [5, 5.41) is 1.32. The molecule has 0 radical (unpaired) electrons. The predicted octanol–water partition coefficient (Wildman–Crippen LogP) is 2.15. The van der Waals surface area contributed by atoms with E-state index in [0.29, 0.717) is 0 Å². The highest BCUT2D eigenvalue weighted by Crippen LogP contribution is 2.18. The number of para-hydroxylation sites is 1. The van der Waals surface area contributed by atoms with Crippen LogP contribution in [0, 0.1) is 0 Å². The SMILES string of the molecule is C1=Cc2cccc3ccc[n+](c23)C1. The van der Waals surface area contributed by atoms with Crippen molar-refractivity contribution in [1.82, 2.24) is 0 Å². The number of allylic oxidation sites excluding steroid dienone is 1. The van der Waals surface area contributed by atoms with Crippen molar-refractivity contribution in [2.75, 3.05) is 0 Å². The topological polar surface area (TPSA) is 3.88 Å². The molecule has 0 saturated heterocycles. The van der Waals surface area contributed by atoms with Gasteiger partial charge in [-0.2, -0.15) is 4.57 Å². The van der Waals surface area contributed by atoms with Gasteiger partial charge in [0, 0.05) is 17.0 Å². The van der Waals surface area contributed by atoms with Crippen LogP contribution in [0.25, 0.3) is 17.0 Å². The molecule has 2 heterocycles. The smallest absolute Gasteiger partial charge is 0.194 e.